The summed E-state index contributed by atoms with van der Waals surface area (Å²) in [7, 11) is 1.59. The number of ether oxygens (including phenoxy) is 1. The van der Waals surface area contributed by atoms with Crippen molar-refractivity contribution in [3.05, 3.63) is 96.9 Å². The molecule has 2 N–H and O–H groups in total. The molecule has 0 aliphatic carbocycles. The summed E-state index contributed by atoms with van der Waals surface area (Å²) in [5, 5.41) is 13.3. The summed E-state index contributed by atoms with van der Waals surface area (Å²) in [4.78, 5) is 32.4. The van der Waals surface area contributed by atoms with Crippen LogP contribution in [0.2, 0.25) is 10.2 Å². The van der Waals surface area contributed by atoms with Gasteiger partial charge in [-0.1, -0.05) is 41.4 Å². The van der Waals surface area contributed by atoms with Gasteiger partial charge in [-0.3, -0.25) is 10.1 Å². The highest BCUT2D eigenvalue weighted by atomic mass is 35.5. The standard InChI is InChI=1S/C23H25Cl2N5O4/c1-4-29(13-14-6-11-17(25)27-12-14)22-20(30(32)33)18(15-7-9-16(24)10-8-15)19(21(26)28(22)3)23(31)34-5-2/h6-12,18H,4-5,13,26H2,1-3H3. The summed E-state index contributed by atoms with van der Waals surface area (Å²) in [6.07, 6.45) is 1.61. The van der Waals surface area contributed by atoms with Crippen molar-refractivity contribution in [1.82, 2.24) is 14.8 Å². The maximum absolute atomic E-state index is 12.9. The van der Waals surface area contributed by atoms with Gasteiger partial charge < -0.3 is 20.3 Å². The minimum absolute atomic E-state index is 0.00587. The first-order valence-corrected chi connectivity index (χ1v) is 11.3. The van der Waals surface area contributed by atoms with Gasteiger partial charge in [0, 0.05) is 31.4 Å². The Labute approximate surface area is 207 Å². The van der Waals surface area contributed by atoms with Gasteiger partial charge in [-0.2, -0.15) is 0 Å². The van der Waals surface area contributed by atoms with Gasteiger partial charge in [0.1, 0.15) is 16.9 Å². The molecule has 1 aliphatic heterocycles. The topological polar surface area (TPSA) is 115 Å². The lowest BCUT2D eigenvalue weighted by Crippen LogP contribution is -2.43. The smallest absolute Gasteiger partial charge is 0.338 e. The Kier molecular flexibility index (Phi) is 8.01. The molecule has 1 aromatic heterocycles. The summed E-state index contributed by atoms with van der Waals surface area (Å²) in [6, 6.07) is 9.97. The number of nitrogens with zero attached hydrogens (tertiary/aromatic N) is 4. The van der Waals surface area contributed by atoms with Crippen molar-refractivity contribution >= 4 is 29.2 Å². The summed E-state index contributed by atoms with van der Waals surface area (Å²) in [5.41, 5.74) is 7.55. The molecule has 9 nitrogen and oxygen atoms in total. The summed E-state index contributed by atoms with van der Waals surface area (Å²) >= 11 is 11.9. The molecule has 0 saturated heterocycles. The van der Waals surface area contributed by atoms with E-state index < -0.39 is 16.8 Å². The maximum atomic E-state index is 12.9. The molecule has 1 atom stereocenters. The predicted octanol–water partition coefficient (Wildman–Crippen LogP) is 4.12. The van der Waals surface area contributed by atoms with Gasteiger partial charge in [-0.05, 0) is 43.2 Å². The molecule has 3 rings (SSSR count). The Hall–Kier alpha value is -3.30. The lowest BCUT2D eigenvalue weighted by molar-refractivity contribution is -0.433. The number of benzene rings is 1. The zero-order chi connectivity index (χ0) is 25.0. The number of carbonyl (C=O) groups excluding carboxylic acids is 1. The molecule has 11 heteroatoms. The molecule has 1 unspecified atom stereocenters. The number of nitro groups is 1. The maximum Gasteiger partial charge on any atom is 0.338 e. The molecule has 2 aromatic rings. The molecule has 0 spiro atoms. The van der Waals surface area contributed by atoms with Crippen molar-refractivity contribution in [3.63, 3.8) is 0 Å². The normalized spacial score (nSPS) is 16.0. The van der Waals surface area contributed by atoms with E-state index in [0.717, 1.165) is 5.56 Å². The van der Waals surface area contributed by atoms with Gasteiger partial charge in [-0.25, -0.2) is 9.78 Å². The molecule has 0 amide bonds. The number of carbonyl (C=O) groups is 1. The van der Waals surface area contributed by atoms with Crippen LogP contribution in [0.15, 0.2) is 65.5 Å². The molecule has 2 heterocycles. The molecule has 1 aliphatic rings. The molecule has 0 saturated carbocycles. The number of esters is 1. The first-order valence-electron chi connectivity index (χ1n) is 10.6. The van der Waals surface area contributed by atoms with Gasteiger partial charge in [0.15, 0.2) is 5.82 Å². The average Bonchev–Trinajstić information content (AvgIpc) is 2.80. The zero-order valence-corrected chi connectivity index (χ0v) is 20.5. The number of aromatic nitrogens is 1. The molecule has 0 bridgehead atoms. The highest BCUT2D eigenvalue weighted by molar-refractivity contribution is 6.30. The molecule has 180 valence electrons. The second-order valence-corrected chi connectivity index (χ2v) is 8.36. The van der Waals surface area contributed by atoms with Gasteiger partial charge >= 0.3 is 5.97 Å². The van der Waals surface area contributed by atoms with Crippen molar-refractivity contribution in [1.29, 1.82) is 0 Å². The molecular weight excluding hydrogens is 481 g/mol. The van der Waals surface area contributed by atoms with Crippen LogP contribution in [0.25, 0.3) is 0 Å². The van der Waals surface area contributed by atoms with Crippen LogP contribution in [-0.2, 0) is 16.1 Å². The number of halogens is 2. The van der Waals surface area contributed by atoms with E-state index in [1.165, 1.54) is 4.90 Å². The quantitative estimate of drug-likeness (QED) is 0.246. The van der Waals surface area contributed by atoms with Crippen molar-refractivity contribution < 1.29 is 14.5 Å². The third-order valence-corrected chi connectivity index (χ3v) is 5.96. The van der Waals surface area contributed by atoms with Crippen LogP contribution in [-0.4, -0.2) is 45.9 Å². The van der Waals surface area contributed by atoms with Crippen LogP contribution in [0.5, 0.6) is 0 Å². The van der Waals surface area contributed by atoms with Crippen molar-refractivity contribution in [2.75, 3.05) is 20.2 Å². The predicted molar refractivity (Wildman–Crippen MR) is 129 cm³/mol. The minimum atomic E-state index is -1.06. The molecule has 1 aromatic carbocycles. The number of nitrogens with two attached hydrogens (primary N) is 1. The number of hydrogen-bond acceptors (Lipinski definition) is 8. The Bertz CT molecular complexity index is 1130. The van der Waals surface area contributed by atoms with E-state index in [0.29, 0.717) is 28.8 Å². The van der Waals surface area contributed by atoms with E-state index in [9.17, 15) is 14.9 Å². The molecule has 0 radical (unpaired) electrons. The fourth-order valence-electron chi connectivity index (χ4n) is 3.91. The lowest BCUT2D eigenvalue weighted by Gasteiger charge is -2.38. The van der Waals surface area contributed by atoms with E-state index in [-0.39, 0.29) is 29.5 Å². The van der Waals surface area contributed by atoms with Crippen molar-refractivity contribution in [2.45, 2.75) is 26.3 Å². The van der Waals surface area contributed by atoms with Crippen LogP contribution in [0.4, 0.5) is 0 Å². The SMILES string of the molecule is CCOC(=O)C1=C(N)N(C)C(N(CC)Cc2ccc(Cl)nc2)=C([N+](=O)[O-])C1c1ccc(Cl)cc1. The third-order valence-electron chi connectivity index (χ3n) is 5.48. The van der Waals surface area contributed by atoms with Crippen LogP contribution in [0.3, 0.4) is 0 Å². The Morgan fingerprint density at radius 3 is 2.44 bits per heavy atom. The third kappa shape index (κ3) is 5.10. The van der Waals surface area contributed by atoms with E-state index in [1.807, 2.05) is 6.92 Å². The van der Waals surface area contributed by atoms with Gasteiger partial charge in [0.05, 0.1) is 17.1 Å². The number of allylic oxidation sites excluding steroid dienone is 1. The van der Waals surface area contributed by atoms with Gasteiger partial charge in [-0.15, -0.1) is 0 Å². The summed E-state index contributed by atoms with van der Waals surface area (Å²) in [5.74, 6) is -1.43. The second-order valence-electron chi connectivity index (χ2n) is 7.53. The highest BCUT2D eigenvalue weighted by Gasteiger charge is 2.46. The summed E-state index contributed by atoms with van der Waals surface area (Å²) in [6.45, 7) is 4.37. The Balaban J connectivity index is 2.22. The van der Waals surface area contributed by atoms with E-state index in [2.05, 4.69) is 4.98 Å². The van der Waals surface area contributed by atoms with Crippen LogP contribution in [0, 0.1) is 10.1 Å². The van der Waals surface area contributed by atoms with Crippen LogP contribution in [0.1, 0.15) is 30.9 Å². The lowest BCUT2D eigenvalue weighted by atomic mass is 9.85. The zero-order valence-electron chi connectivity index (χ0n) is 19.0. The highest BCUT2D eigenvalue weighted by Crippen LogP contribution is 2.42. The molecule has 0 fully saturated rings. The van der Waals surface area contributed by atoms with Crippen molar-refractivity contribution in [3.8, 4) is 0 Å². The molecular formula is C23H25Cl2N5O4. The monoisotopic (exact) mass is 505 g/mol. The Morgan fingerprint density at radius 2 is 1.91 bits per heavy atom. The average molecular weight is 506 g/mol. The first kappa shape index (κ1) is 25.3. The van der Waals surface area contributed by atoms with E-state index >= 15 is 0 Å². The second kappa shape index (κ2) is 10.8. The van der Waals surface area contributed by atoms with E-state index in [1.54, 1.807) is 61.5 Å². The van der Waals surface area contributed by atoms with E-state index in [4.69, 9.17) is 33.7 Å². The number of hydrogen-bond donors (Lipinski definition) is 1. The van der Waals surface area contributed by atoms with Crippen molar-refractivity contribution in [2.24, 2.45) is 5.73 Å². The fourth-order valence-corrected chi connectivity index (χ4v) is 4.15. The summed E-state index contributed by atoms with van der Waals surface area (Å²) < 4.78 is 5.22. The minimum Gasteiger partial charge on any atom is -0.463 e. The first-order chi connectivity index (χ1) is 16.2. The Morgan fingerprint density at radius 1 is 1.24 bits per heavy atom. The number of pyridine rings is 1. The van der Waals surface area contributed by atoms with Gasteiger partial charge in [0.2, 0.25) is 0 Å². The van der Waals surface area contributed by atoms with Gasteiger partial charge in [0.25, 0.3) is 5.70 Å². The molecule has 34 heavy (non-hydrogen) atoms. The van der Waals surface area contributed by atoms with Crippen LogP contribution >= 0.6 is 23.2 Å². The number of rotatable bonds is 8. The van der Waals surface area contributed by atoms with Crippen LogP contribution < -0.4 is 5.73 Å². The largest absolute Gasteiger partial charge is 0.463 e. The fraction of sp³-hybridized carbons (Fsp3) is 0.304.